The van der Waals surface area contributed by atoms with E-state index in [1.54, 1.807) is 12.0 Å². The number of ether oxygens (including phenoxy) is 1. The maximum Gasteiger partial charge on any atom is 0.295 e. The first-order valence-electron chi connectivity index (χ1n) is 11.4. The number of aliphatic hydroxyl groups excluding tert-OH is 1. The van der Waals surface area contributed by atoms with Crippen LogP contribution in [0.15, 0.2) is 35.2 Å². The van der Waals surface area contributed by atoms with Crippen molar-refractivity contribution >= 4 is 28.8 Å². The molecule has 1 atom stereocenters. The first-order valence-corrected chi connectivity index (χ1v) is 12.3. The third-order valence-electron chi connectivity index (χ3n) is 6.71. The smallest absolute Gasteiger partial charge is 0.295 e. The van der Waals surface area contributed by atoms with Gasteiger partial charge in [0.05, 0.1) is 18.7 Å². The van der Waals surface area contributed by atoms with Gasteiger partial charge in [0.1, 0.15) is 11.5 Å². The number of thiophene rings is 1. The number of Topliss-reactive ketones (excluding diaryl/α,β-unsaturated/α-hetero) is 1. The molecule has 1 saturated heterocycles. The van der Waals surface area contributed by atoms with Gasteiger partial charge in [0.15, 0.2) is 0 Å². The van der Waals surface area contributed by atoms with Crippen LogP contribution >= 0.6 is 11.3 Å². The summed E-state index contributed by atoms with van der Waals surface area (Å²) in [6.45, 7) is 6.01. The van der Waals surface area contributed by atoms with Gasteiger partial charge >= 0.3 is 0 Å². The van der Waals surface area contributed by atoms with Gasteiger partial charge in [-0.2, -0.15) is 0 Å². The number of amides is 1. The van der Waals surface area contributed by atoms with Crippen molar-refractivity contribution in [3.8, 4) is 5.75 Å². The van der Waals surface area contributed by atoms with Crippen molar-refractivity contribution in [1.29, 1.82) is 0 Å². The van der Waals surface area contributed by atoms with E-state index in [0.29, 0.717) is 5.56 Å². The summed E-state index contributed by atoms with van der Waals surface area (Å²) in [5.41, 5.74) is 2.54. The van der Waals surface area contributed by atoms with Gasteiger partial charge in [-0.3, -0.25) is 9.59 Å². The Kier molecular flexibility index (Phi) is 6.42. The predicted molar refractivity (Wildman–Crippen MR) is 127 cm³/mol. The maximum atomic E-state index is 13.3. The van der Waals surface area contributed by atoms with Crippen LogP contribution in [0.5, 0.6) is 5.75 Å². The first kappa shape index (κ1) is 22.6. The highest BCUT2D eigenvalue weighted by Crippen LogP contribution is 2.45. The molecule has 2 aliphatic rings. The molecule has 32 heavy (non-hydrogen) atoms. The zero-order chi connectivity index (χ0) is 23.0. The van der Waals surface area contributed by atoms with Gasteiger partial charge in [0.25, 0.3) is 11.7 Å². The van der Waals surface area contributed by atoms with Crippen LogP contribution in [-0.4, -0.2) is 34.8 Å². The molecule has 0 spiro atoms. The minimum atomic E-state index is -0.590. The summed E-state index contributed by atoms with van der Waals surface area (Å²) in [5, 5.41) is 13.4. The summed E-state index contributed by atoms with van der Waals surface area (Å²) < 4.78 is 5.54. The van der Waals surface area contributed by atoms with Gasteiger partial charge in [-0.25, -0.2) is 0 Å². The van der Waals surface area contributed by atoms with Gasteiger partial charge in [0, 0.05) is 16.5 Å². The van der Waals surface area contributed by atoms with Gasteiger partial charge in [-0.1, -0.05) is 39.2 Å². The van der Waals surface area contributed by atoms with E-state index in [2.05, 4.69) is 13.8 Å². The molecule has 1 aromatic heterocycles. The van der Waals surface area contributed by atoms with E-state index in [0.717, 1.165) is 53.9 Å². The van der Waals surface area contributed by atoms with Crippen molar-refractivity contribution in [2.45, 2.75) is 70.9 Å². The Morgan fingerprint density at radius 3 is 2.50 bits per heavy atom. The number of carbonyl (C=O) groups is 2. The second kappa shape index (κ2) is 9.10. The topological polar surface area (TPSA) is 66.8 Å². The van der Waals surface area contributed by atoms with Gasteiger partial charge < -0.3 is 14.7 Å². The van der Waals surface area contributed by atoms with Crippen LogP contribution in [0.25, 0.3) is 5.76 Å². The molecular weight excluding hydrogens is 422 g/mol. The molecule has 1 amide bonds. The number of methoxy groups -OCH3 is 1. The number of nitrogens with zero attached hydrogens (tertiary/aromatic N) is 1. The molecule has 4 rings (SSSR count). The fraction of sp³-hybridized carbons (Fsp3) is 0.462. The van der Waals surface area contributed by atoms with Crippen molar-refractivity contribution in [3.63, 3.8) is 0 Å². The van der Waals surface area contributed by atoms with E-state index < -0.39 is 17.7 Å². The molecular formula is C26H31NO4S. The molecule has 1 aliphatic heterocycles. The van der Waals surface area contributed by atoms with E-state index in [4.69, 9.17) is 4.74 Å². The number of hydrogen-bond acceptors (Lipinski definition) is 5. The minimum absolute atomic E-state index is 0.0285. The Hall–Kier alpha value is -2.60. The van der Waals surface area contributed by atoms with Gasteiger partial charge in [0.2, 0.25) is 0 Å². The lowest BCUT2D eigenvalue weighted by molar-refractivity contribution is -0.141. The fourth-order valence-corrected chi connectivity index (χ4v) is 5.87. The lowest BCUT2D eigenvalue weighted by atomic mass is 9.91. The average molecular weight is 454 g/mol. The highest BCUT2D eigenvalue weighted by molar-refractivity contribution is 7.10. The summed E-state index contributed by atoms with van der Waals surface area (Å²) in [5.74, 6) is -0.247. The molecule has 1 saturated carbocycles. The monoisotopic (exact) mass is 453 g/mol. The van der Waals surface area contributed by atoms with Crippen molar-refractivity contribution in [1.82, 2.24) is 4.90 Å². The number of aliphatic hydroxyl groups is 1. The summed E-state index contributed by atoms with van der Waals surface area (Å²) in [6.07, 6.45) is 5.06. The van der Waals surface area contributed by atoms with Crippen molar-refractivity contribution in [3.05, 3.63) is 56.8 Å². The number of hydrogen-bond donors (Lipinski definition) is 1. The maximum absolute atomic E-state index is 13.3. The molecule has 2 fully saturated rings. The molecule has 5 nitrogen and oxygen atoms in total. The lowest BCUT2D eigenvalue weighted by Gasteiger charge is -2.35. The highest BCUT2D eigenvalue weighted by atomic mass is 32.1. The second-order valence-corrected chi connectivity index (χ2v) is 10.1. The zero-order valence-electron chi connectivity index (χ0n) is 19.2. The summed E-state index contributed by atoms with van der Waals surface area (Å²) in [6, 6.07) is 7.15. The van der Waals surface area contributed by atoms with E-state index >= 15 is 0 Å². The van der Waals surface area contributed by atoms with Crippen LogP contribution in [0.3, 0.4) is 0 Å². The Morgan fingerprint density at radius 1 is 1.19 bits per heavy atom. The van der Waals surface area contributed by atoms with E-state index in [1.807, 2.05) is 36.6 Å². The lowest BCUT2D eigenvalue weighted by Crippen LogP contribution is -2.40. The Balaban J connectivity index is 1.89. The van der Waals surface area contributed by atoms with E-state index in [-0.39, 0.29) is 23.3 Å². The van der Waals surface area contributed by atoms with Gasteiger partial charge in [-0.15, -0.1) is 11.3 Å². The number of rotatable bonds is 5. The molecule has 1 N–H and O–H groups in total. The average Bonchev–Trinajstić information content (AvgIpc) is 3.40. The van der Waals surface area contributed by atoms with Crippen LogP contribution < -0.4 is 4.74 Å². The molecule has 170 valence electrons. The van der Waals surface area contributed by atoms with Crippen molar-refractivity contribution in [2.75, 3.05) is 7.11 Å². The standard InChI is InChI=1S/C26H31NO4S/c1-15(2)18-14-19(16(3)13-20(18)31-4)24(28)22-23(21-11-8-12-32-21)27(26(30)25(22)29)17-9-6-5-7-10-17/h8,11-15,17,23,28H,5-7,9-10H2,1-4H3/b24-22+. The normalized spacial score (nSPS) is 21.5. The number of likely N-dealkylation sites (tertiary alicyclic amines) is 1. The Bertz CT molecular complexity index is 1050. The Morgan fingerprint density at radius 2 is 1.91 bits per heavy atom. The van der Waals surface area contributed by atoms with Crippen LogP contribution in [0.2, 0.25) is 0 Å². The minimum Gasteiger partial charge on any atom is -0.507 e. The quantitative estimate of drug-likeness (QED) is 0.345. The Labute approximate surface area is 193 Å². The van der Waals surface area contributed by atoms with E-state index in [1.165, 1.54) is 11.3 Å². The van der Waals surface area contributed by atoms with Crippen LogP contribution in [0.1, 0.15) is 79.5 Å². The molecule has 2 heterocycles. The SMILES string of the molecule is COc1cc(C)c(/C(O)=C2\C(=O)C(=O)N(C3CCCCC3)C2c2cccs2)cc1C(C)C. The molecule has 6 heteroatoms. The molecule has 0 radical (unpaired) electrons. The molecule has 1 unspecified atom stereocenters. The first-order chi connectivity index (χ1) is 15.3. The molecule has 1 aromatic carbocycles. The van der Waals surface area contributed by atoms with Crippen LogP contribution in [0.4, 0.5) is 0 Å². The van der Waals surface area contributed by atoms with Crippen LogP contribution in [-0.2, 0) is 9.59 Å². The summed E-state index contributed by atoms with van der Waals surface area (Å²) in [4.78, 5) is 29.2. The van der Waals surface area contributed by atoms with Crippen molar-refractivity contribution in [2.24, 2.45) is 0 Å². The number of benzene rings is 1. The summed E-state index contributed by atoms with van der Waals surface area (Å²) in [7, 11) is 1.63. The molecule has 1 aliphatic carbocycles. The predicted octanol–water partition coefficient (Wildman–Crippen LogP) is 5.94. The number of ketones is 1. The number of aryl methyl sites for hydroxylation is 1. The van der Waals surface area contributed by atoms with Gasteiger partial charge in [-0.05, 0) is 60.4 Å². The fourth-order valence-electron chi connectivity index (χ4n) is 5.04. The third kappa shape index (κ3) is 3.85. The molecule has 2 aromatic rings. The second-order valence-electron chi connectivity index (χ2n) is 9.08. The third-order valence-corrected chi connectivity index (χ3v) is 7.64. The largest absolute Gasteiger partial charge is 0.507 e. The van der Waals surface area contributed by atoms with E-state index in [9.17, 15) is 14.7 Å². The zero-order valence-corrected chi connectivity index (χ0v) is 20.0. The number of carbonyl (C=O) groups excluding carboxylic acids is 2. The highest BCUT2D eigenvalue weighted by Gasteiger charge is 2.49. The van der Waals surface area contributed by atoms with Crippen LogP contribution in [0, 0.1) is 6.92 Å². The van der Waals surface area contributed by atoms with Crippen molar-refractivity contribution < 1.29 is 19.4 Å². The summed E-state index contributed by atoms with van der Waals surface area (Å²) >= 11 is 1.52. The molecule has 0 bridgehead atoms.